The third-order valence-corrected chi connectivity index (χ3v) is 7.82. The van der Waals surface area contributed by atoms with Crippen LogP contribution in [0.1, 0.15) is 53.1 Å². The quantitative estimate of drug-likeness (QED) is 0.372. The third-order valence-electron chi connectivity index (χ3n) is 5.73. The lowest BCUT2D eigenvalue weighted by atomic mass is 9.85. The summed E-state index contributed by atoms with van der Waals surface area (Å²) in [5.74, 6) is 0.158. The van der Waals surface area contributed by atoms with E-state index in [2.05, 4.69) is 27.8 Å². The number of nitrogens with one attached hydrogen (secondary N) is 1. The number of fused-ring (bicyclic) bond motifs is 1. The summed E-state index contributed by atoms with van der Waals surface area (Å²) in [6, 6.07) is 7.83. The van der Waals surface area contributed by atoms with Crippen molar-refractivity contribution in [2.45, 2.75) is 51.6 Å². The van der Waals surface area contributed by atoms with E-state index in [1.54, 1.807) is 11.6 Å². The van der Waals surface area contributed by atoms with Gasteiger partial charge in [-0.3, -0.25) is 4.79 Å². The van der Waals surface area contributed by atoms with Crippen LogP contribution >= 0.6 is 23.1 Å². The molecule has 0 radical (unpaired) electrons. The molecule has 0 aliphatic heterocycles. The molecule has 0 saturated heterocycles. The number of carbonyl (C=O) groups is 2. The molecule has 1 aromatic carbocycles. The fraction of sp³-hybridized carbons (Fsp3) is 0.435. The molecule has 2 heterocycles. The Morgan fingerprint density at radius 1 is 1.27 bits per heavy atom. The highest BCUT2D eigenvalue weighted by Crippen LogP contribution is 2.41. The van der Waals surface area contributed by atoms with Crippen LogP contribution < -0.4 is 5.32 Å². The maximum Gasteiger partial charge on any atom is 0.341 e. The van der Waals surface area contributed by atoms with Crippen molar-refractivity contribution in [3.05, 3.63) is 45.8 Å². The highest BCUT2D eigenvalue weighted by atomic mass is 32.2. The molecule has 1 amide bonds. The highest BCUT2D eigenvalue weighted by molar-refractivity contribution is 7.99. The Hall–Kier alpha value is -2.72. The van der Waals surface area contributed by atoms with Crippen LogP contribution in [0.15, 0.2) is 29.4 Å². The predicted octanol–water partition coefficient (Wildman–Crippen LogP) is 4.45. The number of thioether (sulfide) groups is 1. The van der Waals surface area contributed by atoms with E-state index in [0.29, 0.717) is 28.2 Å². The van der Waals surface area contributed by atoms with Crippen LogP contribution in [0, 0.1) is 12.8 Å². The molecule has 4 rings (SSSR count). The standard InChI is InChI=1S/C23H27N5O3S2/c1-4-15-8-11-17-18(12-15)33-21(20(17)22(30)31-5-2)24-19(29)13-32-23-25-26-27-28(23)16-9-6-14(3)7-10-16/h6-7,9-10,15H,4-5,8,11-13H2,1-3H3,(H,24,29). The Kier molecular flexibility index (Phi) is 7.44. The van der Waals surface area contributed by atoms with Crippen molar-refractivity contribution >= 4 is 40.0 Å². The summed E-state index contributed by atoms with van der Waals surface area (Å²) in [7, 11) is 0. The van der Waals surface area contributed by atoms with Crippen molar-refractivity contribution in [2.75, 3.05) is 17.7 Å². The van der Waals surface area contributed by atoms with Crippen LogP contribution in [-0.4, -0.2) is 44.4 Å². The lowest BCUT2D eigenvalue weighted by Crippen LogP contribution is -2.18. The summed E-state index contributed by atoms with van der Waals surface area (Å²) < 4.78 is 6.91. The van der Waals surface area contributed by atoms with E-state index < -0.39 is 0 Å². The van der Waals surface area contributed by atoms with Crippen molar-refractivity contribution in [3.8, 4) is 5.69 Å². The molecule has 1 aliphatic carbocycles. The SMILES string of the molecule is CCOC(=O)c1c(NC(=O)CSc2nnnn2-c2ccc(C)cc2)sc2c1CCC(CC)C2. The lowest BCUT2D eigenvalue weighted by molar-refractivity contribution is -0.113. The molecule has 1 unspecified atom stereocenters. The fourth-order valence-corrected chi connectivity index (χ4v) is 5.98. The molecule has 0 saturated carbocycles. The number of hydrogen-bond donors (Lipinski definition) is 1. The zero-order chi connectivity index (χ0) is 23.4. The van der Waals surface area contributed by atoms with Gasteiger partial charge in [0.1, 0.15) is 5.00 Å². The van der Waals surface area contributed by atoms with E-state index in [-0.39, 0.29) is 17.6 Å². The minimum absolute atomic E-state index is 0.120. The minimum Gasteiger partial charge on any atom is -0.462 e. The maximum atomic E-state index is 12.8. The van der Waals surface area contributed by atoms with Crippen molar-refractivity contribution in [1.29, 1.82) is 0 Å². The van der Waals surface area contributed by atoms with E-state index in [1.165, 1.54) is 28.0 Å². The monoisotopic (exact) mass is 485 g/mol. The Balaban J connectivity index is 1.48. The number of tetrazole rings is 1. The number of aryl methyl sites for hydroxylation is 1. The molecule has 10 heteroatoms. The van der Waals surface area contributed by atoms with Gasteiger partial charge in [-0.25, -0.2) is 4.79 Å². The normalized spacial score (nSPS) is 15.2. The topological polar surface area (TPSA) is 99.0 Å². The highest BCUT2D eigenvalue weighted by Gasteiger charge is 2.30. The van der Waals surface area contributed by atoms with E-state index in [4.69, 9.17) is 4.74 Å². The van der Waals surface area contributed by atoms with Gasteiger partial charge in [-0.1, -0.05) is 42.8 Å². The number of carbonyl (C=O) groups excluding carboxylic acids is 2. The molecule has 8 nitrogen and oxygen atoms in total. The first-order valence-corrected chi connectivity index (χ1v) is 12.9. The molecule has 0 fully saturated rings. The average Bonchev–Trinajstić information content (AvgIpc) is 3.42. The van der Waals surface area contributed by atoms with Crippen LogP contribution in [0.3, 0.4) is 0 Å². The number of thiophene rings is 1. The van der Waals surface area contributed by atoms with Gasteiger partial charge in [0.25, 0.3) is 0 Å². The van der Waals surface area contributed by atoms with E-state index in [9.17, 15) is 9.59 Å². The van der Waals surface area contributed by atoms with Gasteiger partial charge < -0.3 is 10.1 Å². The predicted molar refractivity (Wildman–Crippen MR) is 129 cm³/mol. The number of esters is 1. The molecule has 174 valence electrons. The number of anilines is 1. The first kappa shape index (κ1) is 23.4. The van der Waals surface area contributed by atoms with E-state index >= 15 is 0 Å². The number of amides is 1. The van der Waals surface area contributed by atoms with Gasteiger partial charge in [-0.15, -0.1) is 16.4 Å². The number of hydrogen-bond acceptors (Lipinski definition) is 8. The smallest absolute Gasteiger partial charge is 0.341 e. The molecule has 1 atom stereocenters. The Labute approximate surface area is 201 Å². The van der Waals surface area contributed by atoms with Gasteiger partial charge in [0.15, 0.2) is 0 Å². The van der Waals surface area contributed by atoms with Gasteiger partial charge in [-0.2, -0.15) is 4.68 Å². The Morgan fingerprint density at radius 2 is 2.06 bits per heavy atom. The molecule has 1 aliphatic rings. The first-order valence-electron chi connectivity index (χ1n) is 11.1. The van der Waals surface area contributed by atoms with Crippen LogP contribution in [0.25, 0.3) is 5.69 Å². The molecule has 1 N–H and O–H groups in total. The summed E-state index contributed by atoms with van der Waals surface area (Å²) in [5, 5.41) is 15.9. The lowest BCUT2D eigenvalue weighted by Gasteiger charge is -2.20. The number of benzene rings is 1. The van der Waals surface area contributed by atoms with E-state index in [1.807, 2.05) is 31.2 Å². The van der Waals surface area contributed by atoms with Gasteiger partial charge in [0.2, 0.25) is 11.1 Å². The zero-order valence-corrected chi connectivity index (χ0v) is 20.6. The molecular formula is C23H27N5O3S2. The van der Waals surface area contributed by atoms with Crippen molar-refractivity contribution in [3.63, 3.8) is 0 Å². The van der Waals surface area contributed by atoms with Gasteiger partial charge in [-0.05, 0) is 67.2 Å². The summed E-state index contributed by atoms with van der Waals surface area (Å²) in [5.41, 5.74) is 3.53. The zero-order valence-electron chi connectivity index (χ0n) is 19.0. The Morgan fingerprint density at radius 3 is 2.79 bits per heavy atom. The second-order valence-corrected chi connectivity index (χ2v) is 10.0. The minimum atomic E-state index is -0.365. The van der Waals surface area contributed by atoms with Gasteiger partial charge >= 0.3 is 5.97 Å². The average molecular weight is 486 g/mol. The van der Waals surface area contributed by atoms with Gasteiger partial charge in [0.05, 0.1) is 23.6 Å². The summed E-state index contributed by atoms with van der Waals surface area (Å²) >= 11 is 2.75. The second kappa shape index (κ2) is 10.5. The van der Waals surface area contributed by atoms with Crippen LogP contribution in [-0.2, 0) is 22.4 Å². The molecular weight excluding hydrogens is 458 g/mol. The van der Waals surface area contributed by atoms with Crippen LogP contribution in [0.4, 0.5) is 5.00 Å². The van der Waals surface area contributed by atoms with Gasteiger partial charge in [0, 0.05) is 4.88 Å². The maximum absolute atomic E-state index is 12.8. The number of aromatic nitrogens is 4. The molecule has 3 aromatic rings. The molecule has 2 aromatic heterocycles. The molecule has 33 heavy (non-hydrogen) atoms. The first-order chi connectivity index (χ1) is 16.0. The Bertz CT molecular complexity index is 1140. The third kappa shape index (κ3) is 5.27. The molecule has 0 spiro atoms. The second-order valence-electron chi connectivity index (χ2n) is 7.99. The fourth-order valence-electron chi connectivity index (χ4n) is 3.92. The summed E-state index contributed by atoms with van der Waals surface area (Å²) in [6.45, 7) is 6.29. The van der Waals surface area contributed by atoms with Crippen LogP contribution in [0.2, 0.25) is 0 Å². The van der Waals surface area contributed by atoms with E-state index in [0.717, 1.165) is 42.5 Å². The van der Waals surface area contributed by atoms with Crippen LogP contribution in [0.5, 0.6) is 0 Å². The number of rotatable bonds is 8. The largest absolute Gasteiger partial charge is 0.462 e. The van der Waals surface area contributed by atoms with Crippen molar-refractivity contribution in [1.82, 2.24) is 20.2 Å². The number of ether oxygens (including phenoxy) is 1. The van der Waals surface area contributed by atoms with Crippen molar-refractivity contribution < 1.29 is 14.3 Å². The van der Waals surface area contributed by atoms with Crippen molar-refractivity contribution in [2.24, 2.45) is 5.92 Å². The summed E-state index contributed by atoms with van der Waals surface area (Å²) in [6.07, 6.45) is 3.95. The molecule has 0 bridgehead atoms. The summed E-state index contributed by atoms with van der Waals surface area (Å²) in [4.78, 5) is 26.7. The number of nitrogens with zero attached hydrogens (tertiary/aromatic N) is 4.